The van der Waals surface area contributed by atoms with Gasteiger partial charge in [0, 0.05) is 18.4 Å². The molecule has 84 valence electrons. The van der Waals surface area contributed by atoms with Crippen molar-refractivity contribution >= 4 is 33.8 Å². The van der Waals surface area contributed by atoms with E-state index in [1.54, 1.807) is 27.7 Å². The molecule has 0 aromatic rings. The van der Waals surface area contributed by atoms with Crippen LogP contribution in [0.15, 0.2) is 23.1 Å². The maximum absolute atomic E-state index is 10.2. The average Bonchev–Trinajstić information content (AvgIpc) is 2.17. The minimum Gasteiger partial charge on any atom is -0.481 e. The Morgan fingerprint density at radius 2 is 2.20 bits per heavy atom. The fourth-order valence-corrected chi connectivity index (χ4v) is 2.68. The molecule has 15 heavy (non-hydrogen) atoms. The zero-order valence-electron chi connectivity index (χ0n) is 8.60. The molecule has 0 amide bonds. The average molecular weight is 245 g/mol. The highest BCUT2D eigenvalue weighted by molar-refractivity contribution is 8.78. The summed E-state index contributed by atoms with van der Waals surface area (Å²) < 4.78 is 0. The van der Waals surface area contributed by atoms with E-state index in [2.05, 4.69) is 0 Å². The van der Waals surface area contributed by atoms with Gasteiger partial charge in [-0.3, -0.25) is 4.79 Å². The summed E-state index contributed by atoms with van der Waals surface area (Å²) in [6.45, 7) is 1.99. The molecule has 5 heteroatoms. The van der Waals surface area contributed by atoms with E-state index in [9.17, 15) is 4.79 Å². The molecule has 0 fully saturated rings. The van der Waals surface area contributed by atoms with E-state index in [0.717, 1.165) is 10.7 Å². The third-order valence-electron chi connectivity index (χ3n) is 1.35. The summed E-state index contributed by atoms with van der Waals surface area (Å²) >= 11 is 0. The number of carboxylic acid groups (broad SMARTS) is 1. The minimum atomic E-state index is -0.734. The lowest BCUT2D eigenvalue weighted by atomic mass is 10.3. The van der Waals surface area contributed by atoms with Crippen molar-refractivity contribution in [2.75, 3.05) is 5.75 Å². The predicted octanol–water partition coefficient (Wildman–Crippen LogP) is 3.34. The standard InChI is InChI=1S/C10H15NO2S2/c1-9(5-2-3-7-11)15-14-8-4-6-10(12)13/h2-3,5,7,11H,4,6,8H2,1H3,(H,12,13)/b3-2-,9-5+,11-7?. The molecule has 0 heterocycles. The zero-order chi connectivity index (χ0) is 11.5. The van der Waals surface area contributed by atoms with Gasteiger partial charge in [0.15, 0.2) is 0 Å². The highest BCUT2D eigenvalue weighted by Crippen LogP contribution is 2.30. The van der Waals surface area contributed by atoms with Gasteiger partial charge < -0.3 is 10.5 Å². The molecule has 0 saturated carbocycles. The van der Waals surface area contributed by atoms with E-state index in [0.29, 0.717) is 6.42 Å². The molecule has 0 radical (unpaired) electrons. The molecule has 0 spiro atoms. The molecule has 0 rings (SSSR count). The first-order valence-electron chi connectivity index (χ1n) is 4.52. The molecule has 0 aromatic carbocycles. The SMILES string of the molecule is C/C(=C\C=C/C=N)SSCCCC(=O)O. The first-order valence-corrected chi connectivity index (χ1v) is 6.84. The van der Waals surface area contributed by atoms with Gasteiger partial charge in [0.1, 0.15) is 0 Å². The summed E-state index contributed by atoms with van der Waals surface area (Å²) in [7, 11) is 3.29. The summed E-state index contributed by atoms with van der Waals surface area (Å²) in [5.74, 6) is 0.109. The molecule has 0 atom stereocenters. The Labute approximate surface area is 97.9 Å². The molecular weight excluding hydrogens is 230 g/mol. The third-order valence-corrected chi connectivity index (χ3v) is 3.96. The van der Waals surface area contributed by atoms with Gasteiger partial charge in [0.25, 0.3) is 0 Å². The monoisotopic (exact) mass is 245 g/mol. The highest BCUT2D eigenvalue weighted by Gasteiger charge is 1.97. The van der Waals surface area contributed by atoms with Crippen LogP contribution in [0.1, 0.15) is 19.8 Å². The van der Waals surface area contributed by atoms with Crippen LogP contribution in [0.5, 0.6) is 0 Å². The first-order chi connectivity index (χ1) is 7.16. The number of rotatable bonds is 8. The van der Waals surface area contributed by atoms with Crippen LogP contribution in [0.3, 0.4) is 0 Å². The van der Waals surface area contributed by atoms with Crippen LogP contribution in [-0.2, 0) is 4.79 Å². The van der Waals surface area contributed by atoms with Gasteiger partial charge in [0.05, 0.1) is 0 Å². The molecular formula is C10H15NO2S2. The Balaban J connectivity index is 3.50. The zero-order valence-corrected chi connectivity index (χ0v) is 10.2. The van der Waals surface area contributed by atoms with Crippen LogP contribution >= 0.6 is 21.6 Å². The lowest BCUT2D eigenvalue weighted by Crippen LogP contribution is -1.94. The third kappa shape index (κ3) is 11.2. The number of carbonyl (C=O) groups is 1. The van der Waals surface area contributed by atoms with Crippen molar-refractivity contribution in [1.29, 1.82) is 5.41 Å². The molecule has 0 aliphatic rings. The summed E-state index contributed by atoms with van der Waals surface area (Å²) in [5, 5.41) is 15.2. The summed E-state index contributed by atoms with van der Waals surface area (Å²) in [6, 6.07) is 0. The van der Waals surface area contributed by atoms with Crippen LogP contribution in [0.4, 0.5) is 0 Å². The molecule has 0 aliphatic carbocycles. The Bertz CT molecular complexity index is 262. The molecule has 0 bridgehead atoms. The number of hydrogen-bond donors (Lipinski definition) is 2. The molecule has 0 aromatic heterocycles. The Morgan fingerprint density at radius 1 is 1.47 bits per heavy atom. The van der Waals surface area contributed by atoms with Crippen LogP contribution < -0.4 is 0 Å². The van der Waals surface area contributed by atoms with Crippen LogP contribution in [-0.4, -0.2) is 23.0 Å². The molecule has 3 nitrogen and oxygen atoms in total. The molecule has 0 unspecified atom stereocenters. The molecule has 0 saturated heterocycles. The maximum Gasteiger partial charge on any atom is 0.303 e. The van der Waals surface area contributed by atoms with E-state index >= 15 is 0 Å². The summed E-state index contributed by atoms with van der Waals surface area (Å²) in [6.07, 6.45) is 7.57. The highest BCUT2D eigenvalue weighted by atomic mass is 33.1. The number of aliphatic carboxylic acids is 1. The number of nitrogens with one attached hydrogen (secondary N) is 1. The van der Waals surface area contributed by atoms with Crippen molar-refractivity contribution in [2.24, 2.45) is 0 Å². The lowest BCUT2D eigenvalue weighted by molar-refractivity contribution is -0.137. The van der Waals surface area contributed by atoms with Crippen molar-refractivity contribution in [3.05, 3.63) is 23.1 Å². The fourth-order valence-electron chi connectivity index (χ4n) is 0.691. The Hall–Kier alpha value is -0.680. The second kappa shape index (κ2) is 9.86. The predicted molar refractivity (Wildman–Crippen MR) is 68.6 cm³/mol. The number of carboxylic acids is 1. The van der Waals surface area contributed by atoms with Crippen molar-refractivity contribution in [2.45, 2.75) is 19.8 Å². The van der Waals surface area contributed by atoms with E-state index in [-0.39, 0.29) is 6.42 Å². The largest absolute Gasteiger partial charge is 0.481 e. The van der Waals surface area contributed by atoms with Gasteiger partial charge in [-0.05, 0) is 24.3 Å². The first kappa shape index (κ1) is 14.3. The summed E-state index contributed by atoms with van der Waals surface area (Å²) in [5.41, 5.74) is 0. The number of hydrogen-bond acceptors (Lipinski definition) is 4. The lowest BCUT2D eigenvalue weighted by Gasteiger charge is -1.98. The second-order valence-corrected chi connectivity index (χ2v) is 5.39. The topological polar surface area (TPSA) is 61.2 Å². The van der Waals surface area contributed by atoms with Crippen molar-refractivity contribution in [3.8, 4) is 0 Å². The van der Waals surface area contributed by atoms with Crippen LogP contribution in [0.2, 0.25) is 0 Å². The normalized spacial score (nSPS) is 11.9. The Morgan fingerprint density at radius 3 is 2.80 bits per heavy atom. The van der Waals surface area contributed by atoms with Gasteiger partial charge in [-0.25, -0.2) is 0 Å². The summed E-state index contributed by atoms with van der Waals surface area (Å²) in [4.78, 5) is 11.4. The second-order valence-electron chi connectivity index (χ2n) is 2.73. The van der Waals surface area contributed by atoms with Gasteiger partial charge in [-0.2, -0.15) is 0 Å². The van der Waals surface area contributed by atoms with Gasteiger partial charge in [-0.1, -0.05) is 33.7 Å². The van der Waals surface area contributed by atoms with E-state index in [1.807, 2.05) is 19.1 Å². The van der Waals surface area contributed by atoms with Gasteiger partial charge in [-0.15, -0.1) is 0 Å². The Kier molecular flexibility index (Phi) is 9.41. The molecule has 0 aliphatic heterocycles. The molecule has 2 N–H and O–H groups in total. The quantitative estimate of drug-likeness (QED) is 0.298. The van der Waals surface area contributed by atoms with Crippen LogP contribution in [0.25, 0.3) is 0 Å². The van der Waals surface area contributed by atoms with Crippen molar-refractivity contribution in [1.82, 2.24) is 0 Å². The van der Waals surface area contributed by atoms with E-state index in [1.165, 1.54) is 6.21 Å². The van der Waals surface area contributed by atoms with Gasteiger partial charge >= 0.3 is 5.97 Å². The van der Waals surface area contributed by atoms with E-state index in [4.69, 9.17) is 10.5 Å². The maximum atomic E-state index is 10.2. The fraction of sp³-hybridized carbons (Fsp3) is 0.400. The smallest absolute Gasteiger partial charge is 0.303 e. The van der Waals surface area contributed by atoms with Gasteiger partial charge in [0.2, 0.25) is 0 Å². The van der Waals surface area contributed by atoms with Crippen LogP contribution in [0, 0.1) is 5.41 Å². The van der Waals surface area contributed by atoms with E-state index < -0.39 is 5.97 Å². The number of allylic oxidation sites excluding steroid dienone is 4. The van der Waals surface area contributed by atoms with Crippen molar-refractivity contribution < 1.29 is 9.90 Å². The minimum absolute atomic E-state index is 0.240. The van der Waals surface area contributed by atoms with Crippen molar-refractivity contribution in [3.63, 3.8) is 0 Å².